The van der Waals surface area contributed by atoms with Gasteiger partial charge in [0.25, 0.3) is 5.69 Å². The van der Waals surface area contributed by atoms with Crippen molar-refractivity contribution in [2.24, 2.45) is 0 Å². The molecule has 6 nitrogen and oxygen atoms in total. The summed E-state index contributed by atoms with van der Waals surface area (Å²) in [6.07, 6.45) is -0.554. The van der Waals surface area contributed by atoms with Crippen LogP contribution in [0.25, 0.3) is 0 Å². The van der Waals surface area contributed by atoms with Crippen LogP contribution in [-0.2, 0) is 4.74 Å². The summed E-state index contributed by atoms with van der Waals surface area (Å²) >= 11 is 0. The average molecular weight is 327 g/mol. The van der Waals surface area contributed by atoms with Gasteiger partial charge in [-0.2, -0.15) is 0 Å². The third-order valence-corrected chi connectivity index (χ3v) is 3.60. The Labute approximate surface area is 139 Å². The van der Waals surface area contributed by atoms with Gasteiger partial charge >= 0.3 is 5.97 Å². The lowest BCUT2D eigenvalue weighted by atomic mass is 10.0. The molecule has 0 heterocycles. The van der Waals surface area contributed by atoms with Gasteiger partial charge in [0.15, 0.2) is 6.10 Å². The molecule has 0 fully saturated rings. The fraction of sp³-hybridized carbons (Fsp3) is 0.222. The summed E-state index contributed by atoms with van der Waals surface area (Å²) in [6.45, 7) is 3.29. The molecule has 2 rings (SSSR count). The predicted molar refractivity (Wildman–Crippen MR) is 88.1 cm³/mol. The van der Waals surface area contributed by atoms with Crippen LogP contribution in [0, 0.1) is 17.0 Å². The topological polar surface area (TPSA) is 86.5 Å². The highest BCUT2D eigenvalue weighted by Crippen LogP contribution is 2.20. The Balaban J connectivity index is 2.16. The predicted octanol–water partition coefficient (Wildman–Crippen LogP) is 3.72. The van der Waals surface area contributed by atoms with Gasteiger partial charge in [0, 0.05) is 17.2 Å². The number of esters is 1. The van der Waals surface area contributed by atoms with E-state index in [1.807, 2.05) is 0 Å². The van der Waals surface area contributed by atoms with Gasteiger partial charge in [-0.3, -0.25) is 14.9 Å². The third-order valence-electron chi connectivity index (χ3n) is 3.60. The zero-order chi connectivity index (χ0) is 17.7. The van der Waals surface area contributed by atoms with Crippen LogP contribution in [0.15, 0.2) is 48.5 Å². The highest BCUT2D eigenvalue weighted by molar-refractivity contribution is 6.01. The van der Waals surface area contributed by atoms with E-state index in [1.54, 1.807) is 44.2 Å². The van der Waals surface area contributed by atoms with Crippen LogP contribution in [0.4, 0.5) is 5.69 Å². The molecule has 2 aromatic carbocycles. The summed E-state index contributed by atoms with van der Waals surface area (Å²) < 4.78 is 5.30. The first-order valence-corrected chi connectivity index (χ1v) is 7.49. The number of nitro benzene ring substituents is 1. The number of nitro groups is 1. The second kappa shape index (κ2) is 7.50. The van der Waals surface area contributed by atoms with Crippen molar-refractivity contribution < 1.29 is 19.2 Å². The second-order valence-corrected chi connectivity index (χ2v) is 5.29. The summed E-state index contributed by atoms with van der Waals surface area (Å²) in [5.41, 5.74) is 0.935. The van der Waals surface area contributed by atoms with Crippen molar-refractivity contribution in [2.75, 3.05) is 0 Å². The molecule has 124 valence electrons. The standard InChI is InChI=1S/C18H17NO5/c1-3-16(17(20)13-7-5-4-6-8-13)24-18(21)14-9-10-15(19(22)23)12(2)11-14/h4-11,16H,3H2,1-2H3. The molecule has 1 atom stereocenters. The number of benzene rings is 2. The molecule has 0 bridgehead atoms. The maximum Gasteiger partial charge on any atom is 0.338 e. The fourth-order valence-corrected chi connectivity index (χ4v) is 2.30. The van der Waals surface area contributed by atoms with Gasteiger partial charge in [0.05, 0.1) is 10.5 Å². The number of Topliss-reactive ketones (excluding diaryl/α,β-unsaturated/α-hetero) is 1. The molecule has 0 radical (unpaired) electrons. The van der Waals surface area contributed by atoms with E-state index >= 15 is 0 Å². The van der Waals surface area contributed by atoms with Crippen molar-refractivity contribution in [2.45, 2.75) is 26.4 Å². The van der Waals surface area contributed by atoms with Crippen molar-refractivity contribution in [1.29, 1.82) is 0 Å². The van der Waals surface area contributed by atoms with E-state index in [4.69, 9.17) is 4.74 Å². The zero-order valence-electron chi connectivity index (χ0n) is 13.4. The molecule has 6 heteroatoms. The van der Waals surface area contributed by atoms with E-state index in [0.717, 1.165) is 0 Å². The van der Waals surface area contributed by atoms with Crippen LogP contribution in [-0.4, -0.2) is 22.8 Å². The van der Waals surface area contributed by atoms with Gasteiger partial charge in [0.2, 0.25) is 5.78 Å². The van der Waals surface area contributed by atoms with Gasteiger partial charge in [0.1, 0.15) is 0 Å². The Morgan fingerprint density at radius 3 is 2.33 bits per heavy atom. The number of rotatable bonds is 6. The number of hydrogen-bond donors (Lipinski definition) is 0. The van der Waals surface area contributed by atoms with E-state index in [2.05, 4.69) is 0 Å². The van der Waals surface area contributed by atoms with E-state index < -0.39 is 17.0 Å². The third kappa shape index (κ3) is 3.84. The van der Waals surface area contributed by atoms with Crippen molar-refractivity contribution in [3.63, 3.8) is 0 Å². The van der Waals surface area contributed by atoms with Gasteiger partial charge in [-0.05, 0) is 25.5 Å². The fourth-order valence-electron chi connectivity index (χ4n) is 2.30. The lowest BCUT2D eigenvalue weighted by Gasteiger charge is -2.15. The first-order valence-electron chi connectivity index (χ1n) is 7.49. The zero-order valence-corrected chi connectivity index (χ0v) is 13.4. The Bertz CT molecular complexity index is 770. The largest absolute Gasteiger partial charge is 0.450 e. The lowest BCUT2D eigenvalue weighted by molar-refractivity contribution is -0.385. The van der Waals surface area contributed by atoms with Crippen LogP contribution < -0.4 is 0 Å². The second-order valence-electron chi connectivity index (χ2n) is 5.29. The first-order chi connectivity index (χ1) is 11.4. The van der Waals surface area contributed by atoms with Crippen LogP contribution in [0.3, 0.4) is 0 Å². The van der Waals surface area contributed by atoms with Gasteiger partial charge in [-0.1, -0.05) is 37.3 Å². The van der Waals surface area contributed by atoms with Crippen molar-refractivity contribution in [3.8, 4) is 0 Å². The Morgan fingerprint density at radius 1 is 1.12 bits per heavy atom. The highest BCUT2D eigenvalue weighted by atomic mass is 16.6. The summed E-state index contributed by atoms with van der Waals surface area (Å²) in [6, 6.07) is 12.6. The molecular weight excluding hydrogens is 310 g/mol. The highest BCUT2D eigenvalue weighted by Gasteiger charge is 2.24. The molecule has 0 saturated carbocycles. The number of ether oxygens (including phenoxy) is 1. The van der Waals surface area contributed by atoms with E-state index in [1.165, 1.54) is 18.2 Å². The number of hydrogen-bond acceptors (Lipinski definition) is 5. The van der Waals surface area contributed by atoms with Crippen molar-refractivity contribution in [1.82, 2.24) is 0 Å². The first kappa shape index (κ1) is 17.3. The smallest absolute Gasteiger partial charge is 0.338 e. The van der Waals surface area contributed by atoms with Crippen LogP contribution in [0.1, 0.15) is 39.6 Å². The monoisotopic (exact) mass is 327 g/mol. The number of aryl methyl sites for hydroxylation is 1. The molecule has 0 N–H and O–H groups in total. The Kier molecular flexibility index (Phi) is 5.42. The number of ketones is 1. The Morgan fingerprint density at radius 2 is 1.79 bits per heavy atom. The molecule has 1 unspecified atom stereocenters. The van der Waals surface area contributed by atoms with Crippen molar-refractivity contribution >= 4 is 17.4 Å². The van der Waals surface area contributed by atoms with E-state index in [0.29, 0.717) is 17.5 Å². The van der Waals surface area contributed by atoms with Gasteiger partial charge in [-0.25, -0.2) is 4.79 Å². The van der Waals surface area contributed by atoms with Gasteiger partial charge < -0.3 is 4.74 Å². The molecule has 2 aromatic rings. The molecule has 0 aliphatic rings. The summed E-state index contributed by atoms with van der Waals surface area (Å²) in [5, 5.41) is 10.8. The number of carbonyl (C=O) groups excluding carboxylic acids is 2. The summed E-state index contributed by atoms with van der Waals surface area (Å²) in [4.78, 5) is 34.9. The van der Waals surface area contributed by atoms with Gasteiger partial charge in [-0.15, -0.1) is 0 Å². The van der Waals surface area contributed by atoms with Crippen LogP contribution in [0.2, 0.25) is 0 Å². The molecule has 0 saturated heterocycles. The van der Waals surface area contributed by atoms with Crippen LogP contribution >= 0.6 is 0 Å². The molecule has 0 spiro atoms. The maximum absolute atomic E-state index is 12.4. The minimum Gasteiger partial charge on any atom is -0.450 e. The van der Waals surface area contributed by atoms with E-state index in [-0.39, 0.29) is 17.0 Å². The average Bonchev–Trinajstić information content (AvgIpc) is 2.59. The van der Waals surface area contributed by atoms with Crippen LogP contribution in [0.5, 0.6) is 0 Å². The molecular formula is C18H17NO5. The minimum atomic E-state index is -0.893. The molecule has 0 aromatic heterocycles. The van der Waals surface area contributed by atoms with Crippen molar-refractivity contribution in [3.05, 3.63) is 75.3 Å². The molecule has 0 aliphatic carbocycles. The number of carbonyl (C=O) groups is 2. The number of nitrogens with zero attached hydrogens (tertiary/aromatic N) is 1. The SMILES string of the molecule is CCC(OC(=O)c1ccc([N+](=O)[O-])c(C)c1)C(=O)c1ccccc1. The minimum absolute atomic E-state index is 0.0704. The Hall–Kier alpha value is -3.02. The normalized spacial score (nSPS) is 11.6. The quantitative estimate of drug-likeness (QED) is 0.349. The molecule has 24 heavy (non-hydrogen) atoms. The summed E-state index contributed by atoms with van der Waals surface area (Å²) in [5.74, 6) is -0.950. The molecule has 0 aliphatic heterocycles. The summed E-state index contributed by atoms with van der Waals surface area (Å²) in [7, 11) is 0. The molecule has 0 amide bonds. The van der Waals surface area contributed by atoms with E-state index in [9.17, 15) is 19.7 Å². The lowest BCUT2D eigenvalue weighted by Crippen LogP contribution is -2.27. The maximum atomic E-state index is 12.4.